The van der Waals surface area contributed by atoms with Gasteiger partial charge in [0.25, 0.3) is 0 Å². The predicted molar refractivity (Wildman–Crippen MR) is 210 cm³/mol. The van der Waals surface area contributed by atoms with Gasteiger partial charge in [0.05, 0.1) is 0 Å². The van der Waals surface area contributed by atoms with Crippen LogP contribution in [0.25, 0.3) is 22.3 Å². The molecule has 242 valence electrons. The summed E-state index contributed by atoms with van der Waals surface area (Å²) in [6.45, 7) is 0. The van der Waals surface area contributed by atoms with Gasteiger partial charge in [-0.25, -0.2) is 0 Å². The van der Waals surface area contributed by atoms with Crippen molar-refractivity contribution in [2.75, 3.05) is 0 Å². The second kappa shape index (κ2) is 13.1. The summed E-state index contributed by atoms with van der Waals surface area (Å²) in [4.78, 5) is 20.7. The van der Waals surface area contributed by atoms with E-state index < -0.39 is 20.6 Å². The van der Waals surface area contributed by atoms with Crippen molar-refractivity contribution in [1.29, 1.82) is 0 Å². The van der Waals surface area contributed by atoms with E-state index in [4.69, 9.17) is 20.0 Å². The third kappa shape index (κ3) is 5.83. The van der Waals surface area contributed by atoms with Gasteiger partial charge < -0.3 is 0 Å². The van der Waals surface area contributed by atoms with Gasteiger partial charge in [-0.15, -0.1) is 0 Å². The fraction of sp³-hybridized carbons (Fsp3) is 0. The van der Waals surface area contributed by atoms with Gasteiger partial charge in [0, 0.05) is 0 Å². The number of aliphatic imine (C=N–C) groups is 4. The van der Waals surface area contributed by atoms with Gasteiger partial charge in [-0.2, -0.15) is 0 Å². The average Bonchev–Trinajstić information content (AvgIpc) is 3.96. The summed E-state index contributed by atoms with van der Waals surface area (Å²) in [5, 5.41) is 0. The molecule has 2 N–H and O–H groups in total. The first-order valence-corrected chi connectivity index (χ1v) is 21.4. The average molecular weight is 765 g/mol. The van der Waals surface area contributed by atoms with E-state index in [0.717, 1.165) is 67.5 Å². The standard InChI is InChI=1S/C44H27N4.2H2O.Sn.H/c1-5-13-29(14-6-1)38-27-37-26-35-22-21-33(45-35)25-34-23-24-36(46-34)28-39-40(30-15-7-2-8-16-30)41(31-17-9-3-10-18-31)44(48-39)42(43(38)47-37)32-19-11-4-12-20-32;;;;/h1-26,28H;2*1H2;;/q;;;+2;/p-2. The fourth-order valence-electron chi connectivity index (χ4n) is 7.02. The molecule has 4 aromatic rings. The molecule has 51 heavy (non-hydrogen) atoms. The van der Waals surface area contributed by atoms with Crippen LogP contribution in [0.15, 0.2) is 210 Å². The first-order chi connectivity index (χ1) is 25.1. The fourth-order valence-corrected chi connectivity index (χ4v) is 9.80. The van der Waals surface area contributed by atoms with E-state index in [0.29, 0.717) is 26.3 Å². The third-order valence-corrected chi connectivity index (χ3v) is 12.3. The van der Waals surface area contributed by atoms with Crippen LogP contribution in [0.2, 0.25) is 0 Å². The Labute approximate surface area is 303 Å². The molecule has 4 aromatic carbocycles. The normalized spacial score (nSPS) is 17.8. The number of fused-ring (bicyclic) bond motifs is 4. The molecule has 0 amide bonds. The Morgan fingerprint density at radius 1 is 0.412 bits per heavy atom. The van der Waals surface area contributed by atoms with Crippen LogP contribution in [0.5, 0.6) is 0 Å². The molecule has 0 fully saturated rings. The molecule has 0 atom stereocenters. The number of benzene rings is 4. The van der Waals surface area contributed by atoms with Crippen LogP contribution in [0.3, 0.4) is 0 Å². The van der Waals surface area contributed by atoms with E-state index in [2.05, 4.69) is 36.4 Å². The molecule has 8 bridgehead atoms. The molecule has 0 saturated heterocycles. The maximum atomic E-state index is 11.3. The van der Waals surface area contributed by atoms with E-state index >= 15 is 0 Å². The summed E-state index contributed by atoms with van der Waals surface area (Å²) in [5.41, 5.74) is 12.9. The Hall–Kier alpha value is -5.80. The predicted octanol–water partition coefficient (Wildman–Crippen LogP) is 7.80. The minimum atomic E-state index is -4.31. The molecule has 0 aromatic heterocycles. The molecule has 0 radical (unpaired) electrons. The summed E-state index contributed by atoms with van der Waals surface area (Å²) in [6.07, 6.45) is 13.7. The van der Waals surface area contributed by atoms with Crippen molar-refractivity contribution in [3.8, 4) is 0 Å². The molecule has 6 nitrogen and oxygen atoms in total. The van der Waals surface area contributed by atoms with E-state index in [1.807, 2.05) is 127 Å². The Morgan fingerprint density at radius 3 is 1.43 bits per heavy atom. The Balaban J connectivity index is 1.46. The summed E-state index contributed by atoms with van der Waals surface area (Å²) < 4.78 is 23.1. The molecular formula is C44H30N4O2Sn. The molecule has 0 spiro atoms. The van der Waals surface area contributed by atoms with Crippen LogP contribution < -0.4 is 0 Å². The third-order valence-electron chi connectivity index (χ3n) is 9.20. The molecule has 9 rings (SSSR count). The quantitative estimate of drug-likeness (QED) is 0.203. The van der Waals surface area contributed by atoms with Crippen molar-refractivity contribution in [2.45, 2.75) is 0 Å². The van der Waals surface area contributed by atoms with Crippen molar-refractivity contribution in [3.63, 3.8) is 0 Å². The van der Waals surface area contributed by atoms with Crippen LogP contribution in [-0.4, -0.2) is 50.3 Å². The van der Waals surface area contributed by atoms with Gasteiger partial charge in [0.15, 0.2) is 0 Å². The first-order valence-electron chi connectivity index (χ1n) is 16.8. The molecule has 0 aliphatic carbocycles. The van der Waals surface area contributed by atoms with Crippen LogP contribution in [0.1, 0.15) is 22.3 Å². The molecule has 7 heteroatoms. The van der Waals surface area contributed by atoms with Crippen molar-refractivity contribution >= 4 is 65.7 Å². The van der Waals surface area contributed by atoms with Crippen LogP contribution in [-0.2, 0) is 0 Å². The Morgan fingerprint density at radius 2 is 0.882 bits per heavy atom. The van der Waals surface area contributed by atoms with Gasteiger partial charge >= 0.3 is 305 Å². The molecule has 0 saturated carbocycles. The number of hydrogen-bond acceptors (Lipinski definition) is 6. The summed E-state index contributed by atoms with van der Waals surface area (Å²) >= 11 is -4.31. The number of nitrogens with zero attached hydrogens (tertiary/aromatic N) is 4. The van der Waals surface area contributed by atoms with Crippen molar-refractivity contribution in [1.82, 2.24) is 0 Å². The number of allylic oxidation sites excluding steroid dienone is 12. The zero-order chi connectivity index (χ0) is 34.3. The van der Waals surface area contributed by atoms with Gasteiger partial charge in [-0.3, -0.25) is 0 Å². The SMILES string of the molecule is [OH][SnH]([OH])[C]1=C(c2ccccc2)C2=NC1=CC1=NC(=CC3=NC(=CC4=NC(=C2c2ccccc2)C(c2ccccc2)=C4c2ccccc2)C=C3)C=C1. The number of rotatable bonds is 5. The van der Waals surface area contributed by atoms with Crippen molar-refractivity contribution in [2.24, 2.45) is 20.0 Å². The molecule has 5 heterocycles. The van der Waals surface area contributed by atoms with Gasteiger partial charge in [0.2, 0.25) is 0 Å². The number of hydrogen-bond donors (Lipinski definition) is 2. The van der Waals surface area contributed by atoms with E-state index in [-0.39, 0.29) is 0 Å². The summed E-state index contributed by atoms with van der Waals surface area (Å²) in [6, 6.07) is 40.7. The molecule has 5 aliphatic rings. The monoisotopic (exact) mass is 766 g/mol. The minimum absolute atomic E-state index is 0.508. The Bertz CT molecular complexity index is 2490. The molecular weight excluding hydrogens is 735 g/mol. The Kier molecular flexibility index (Phi) is 8.04. The summed E-state index contributed by atoms with van der Waals surface area (Å²) in [5.74, 6) is 0. The van der Waals surface area contributed by atoms with E-state index in [9.17, 15) is 6.89 Å². The van der Waals surface area contributed by atoms with Gasteiger partial charge in [-0.05, 0) is 0 Å². The zero-order valence-electron chi connectivity index (χ0n) is 27.3. The van der Waals surface area contributed by atoms with Gasteiger partial charge in [-0.1, -0.05) is 0 Å². The van der Waals surface area contributed by atoms with Crippen molar-refractivity contribution < 1.29 is 6.89 Å². The molecule has 0 unspecified atom stereocenters. The van der Waals surface area contributed by atoms with Crippen LogP contribution in [0, 0.1) is 0 Å². The van der Waals surface area contributed by atoms with Crippen molar-refractivity contribution in [3.05, 3.63) is 212 Å². The zero-order valence-corrected chi connectivity index (χ0v) is 30.6. The maximum absolute atomic E-state index is 11.3. The van der Waals surface area contributed by atoms with Crippen LogP contribution >= 0.6 is 0 Å². The second-order valence-electron chi connectivity index (χ2n) is 12.5. The van der Waals surface area contributed by atoms with E-state index in [1.54, 1.807) is 0 Å². The first kappa shape index (κ1) is 31.2. The second-order valence-corrected chi connectivity index (χ2v) is 16.2. The van der Waals surface area contributed by atoms with E-state index in [1.165, 1.54) is 0 Å². The van der Waals surface area contributed by atoms with Crippen LogP contribution in [0.4, 0.5) is 0 Å². The van der Waals surface area contributed by atoms with Gasteiger partial charge in [0.1, 0.15) is 0 Å². The topological polar surface area (TPSA) is 89.9 Å². The summed E-state index contributed by atoms with van der Waals surface area (Å²) in [7, 11) is 0. The molecule has 5 aliphatic heterocycles.